The first kappa shape index (κ1) is 14.8. The van der Waals surface area contributed by atoms with Crippen LogP contribution in [0.15, 0.2) is 30.3 Å². The van der Waals surface area contributed by atoms with Gasteiger partial charge in [0.2, 0.25) is 0 Å². The van der Waals surface area contributed by atoms with Crippen LogP contribution in [0.4, 0.5) is 4.79 Å². The molecule has 1 aliphatic rings. The van der Waals surface area contributed by atoms with E-state index >= 15 is 0 Å². The molecule has 1 aliphatic heterocycles. The molecule has 0 saturated carbocycles. The van der Waals surface area contributed by atoms with Crippen molar-refractivity contribution in [2.24, 2.45) is 0 Å². The molecule has 1 aromatic rings. The first-order valence-electron chi connectivity index (χ1n) is 6.69. The lowest BCUT2D eigenvalue weighted by molar-refractivity contribution is 0.0206. The molecule has 1 aromatic carbocycles. The molecule has 0 spiro atoms. The Morgan fingerprint density at radius 3 is 2.55 bits per heavy atom. The van der Waals surface area contributed by atoms with E-state index in [0.29, 0.717) is 25.3 Å². The van der Waals surface area contributed by atoms with E-state index in [0.717, 1.165) is 13.1 Å². The van der Waals surface area contributed by atoms with Crippen LogP contribution in [0.5, 0.6) is 0 Å². The Balaban J connectivity index is 2.03. The number of hydrogen-bond donors (Lipinski definition) is 3. The summed E-state index contributed by atoms with van der Waals surface area (Å²) in [5.74, 6) is 0. The number of nitrogens with zero attached hydrogens (tertiary/aromatic N) is 1. The minimum absolute atomic E-state index is 0.464. The summed E-state index contributed by atoms with van der Waals surface area (Å²) >= 11 is 0. The van der Waals surface area contributed by atoms with Gasteiger partial charge in [0.1, 0.15) is 6.10 Å². The molecule has 1 heterocycles. The first-order valence-corrected chi connectivity index (χ1v) is 6.69. The summed E-state index contributed by atoms with van der Waals surface area (Å²) in [5, 5.41) is 21.7. The number of morpholine rings is 1. The number of aliphatic hydroxyl groups is 1. The van der Waals surface area contributed by atoms with Crippen molar-refractivity contribution in [2.75, 3.05) is 32.8 Å². The molecular formula is C14H20N2O4. The van der Waals surface area contributed by atoms with E-state index in [2.05, 4.69) is 10.2 Å². The summed E-state index contributed by atoms with van der Waals surface area (Å²) in [4.78, 5) is 13.0. The average Bonchev–Trinajstić information content (AvgIpc) is 2.47. The van der Waals surface area contributed by atoms with Gasteiger partial charge in [-0.15, -0.1) is 0 Å². The second-order valence-electron chi connectivity index (χ2n) is 4.82. The van der Waals surface area contributed by atoms with Gasteiger partial charge >= 0.3 is 6.09 Å². The Kier molecular flexibility index (Phi) is 5.34. The first-order chi connectivity index (χ1) is 9.66. The molecule has 6 heteroatoms. The Morgan fingerprint density at radius 1 is 1.30 bits per heavy atom. The van der Waals surface area contributed by atoms with Crippen LogP contribution in [-0.2, 0) is 4.74 Å². The molecule has 2 rings (SSSR count). The molecule has 6 nitrogen and oxygen atoms in total. The molecule has 0 bridgehead atoms. The van der Waals surface area contributed by atoms with Crippen LogP contribution in [0, 0.1) is 0 Å². The van der Waals surface area contributed by atoms with Gasteiger partial charge in [-0.2, -0.15) is 0 Å². The standard InChI is InChI=1S/C14H20N2O4/c17-13(11-4-2-1-3-5-11)12(15-14(18)19)10-16-6-8-20-9-7-16/h1-5,12-13,15,17H,6-10H2,(H,18,19). The van der Waals surface area contributed by atoms with Crippen molar-refractivity contribution >= 4 is 6.09 Å². The van der Waals surface area contributed by atoms with Gasteiger partial charge in [-0.05, 0) is 5.56 Å². The second kappa shape index (κ2) is 7.23. The Hall–Kier alpha value is -1.63. The minimum atomic E-state index is -1.13. The fraction of sp³-hybridized carbons (Fsp3) is 0.500. The van der Waals surface area contributed by atoms with E-state index in [4.69, 9.17) is 9.84 Å². The van der Waals surface area contributed by atoms with Crippen molar-refractivity contribution in [1.29, 1.82) is 0 Å². The quantitative estimate of drug-likeness (QED) is 0.739. The summed E-state index contributed by atoms with van der Waals surface area (Å²) in [6, 6.07) is 8.53. The van der Waals surface area contributed by atoms with E-state index in [9.17, 15) is 9.90 Å². The van der Waals surface area contributed by atoms with Gasteiger partial charge in [0.25, 0.3) is 0 Å². The summed E-state index contributed by atoms with van der Waals surface area (Å²) in [5.41, 5.74) is 0.708. The maximum Gasteiger partial charge on any atom is 0.405 e. The number of nitrogens with one attached hydrogen (secondary N) is 1. The maximum atomic E-state index is 10.9. The number of ether oxygens (including phenoxy) is 1. The highest BCUT2D eigenvalue weighted by molar-refractivity contribution is 5.65. The van der Waals surface area contributed by atoms with Crippen molar-refractivity contribution in [3.05, 3.63) is 35.9 Å². The van der Waals surface area contributed by atoms with Gasteiger partial charge in [0.15, 0.2) is 0 Å². The second-order valence-corrected chi connectivity index (χ2v) is 4.82. The Bertz CT molecular complexity index is 420. The van der Waals surface area contributed by atoms with Crippen LogP contribution in [-0.4, -0.2) is 60.1 Å². The predicted molar refractivity (Wildman–Crippen MR) is 73.6 cm³/mol. The minimum Gasteiger partial charge on any atom is -0.465 e. The Labute approximate surface area is 118 Å². The van der Waals surface area contributed by atoms with Crippen LogP contribution >= 0.6 is 0 Å². The smallest absolute Gasteiger partial charge is 0.405 e. The van der Waals surface area contributed by atoms with E-state index in [-0.39, 0.29) is 0 Å². The van der Waals surface area contributed by atoms with Crippen LogP contribution in [0.25, 0.3) is 0 Å². The molecule has 0 aromatic heterocycles. The van der Waals surface area contributed by atoms with Crippen molar-refractivity contribution in [2.45, 2.75) is 12.1 Å². The molecule has 2 atom stereocenters. The van der Waals surface area contributed by atoms with Crippen LogP contribution in [0.2, 0.25) is 0 Å². The predicted octanol–water partition coefficient (Wildman–Crippen LogP) is 0.688. The third kappa shape index (κ3) is 4.19. The fourth-order valence-corrected chi connectivity index (χ4v) is 2.33. The molecule has 1 fully saturated rings. The molecule has 3 N–H and O–H groups in total. The van der Waals surface area contributed by atoms with E-state index in [1.165, 1.54) is 0 Å². The lowest BCUT2D eigenvalue weighted by Gasteiger charge is -2.32. The molecule has 2 unspecified atom stereocenters. The van der Waals surface area contributed by atoms with Gasteiger partial charge < -0.3 is 20.3 Å². The summed E-state index contributed by atoms with van der Waals surface area (Å²) in [7, 11) is 0. The highest BCUT2D eigenvalue weighted by atomic mass is 16.5. The van der Waals surface area contributed by atoms with E-state index < -0.39 is 18.2 Å². The normalized spacial score (nSPS) is 19.2. The number of benzene rings is 1. The number of hydrogen-bond acceptors (Lipinski definition) is 4. The van der Waals surface area contributed by atoms with Gasteiger partial charge in [-0.1, -0.05) is 30.3 Å². The van der Waals surface area contributed by atoms with Gasteiger partial charge in [-0.25, -0.2) is 4.79 Å². The SMILES string of the molecule is O=C(O)NC(CN1CCOCC1)C(O)c1ccccc1. The number of carbonyl (C=O) groups is 1. The van der Waals surface area contributed by atoms with Crippen molar-refractivity contribution in [1.82, 2.24) is 10.2 Å². The lowest BCUT2D eigenvalue weighted by atomic mass is 10.0. The third-order valence-corrected chi connectivity index (χ3v) is 3.39. The molecule has 0 aliphatic carbocycles. The number of aliphatic hydroxyl groups excluding tert-OH is 1. The van der Waals surface area contributed by atoms with E-state index in [1.807, 2.05) is 18.2 Å². The number of amides is 1. The zero-order valence-corrected chi connectivity index (χ0v) is 11.2. The summed E-state index contributed by atoms with van der Waals surface area (Å²) < 4.78 is 5.27. The summed E-state index contributed by atoms with van der Waals surface area (Å²) in [6.07, 6.45) is -1.99. The van der Waals surface area contributed by atoms with Gasteiger partial charge in [-0.3, -0.25) is 4.90 Å². The summed E-state index contributed by atoms with van der Waals surface area (Å²) in [6.45, 7) is 3.24. The largest absolute Gasteiger partial charge is 0.465 e. The molecule has 1 saturated heterocycles. The van der Waals surface area contributed by atoms with Crippen molar-refractivity contribution in [3.63, 3.8) is 0 Å². The number of rotatable bonds is 5. The van der Waals surface area contributed by atoms with Crippen LogP contribution in [0.3, 0.4) is 0 Å². The number of carboxylic acid groups (broad SMARTS) is 1. The highest BCUT2D eigenvalue weighted by Crippen LogP contribution is 2.17. The van der Waals surface area contributed by atoms with E-state index in [1.54, 1.807) is 12.1 Å². The molecule has 1 amide bonds. The highest BCUT2D eigenvalue weighted by Gasteiger charge is 2.25. The zero-order valence-electron chi connectivity index (χ0n) is 11.2. The zero-order chi connectivity index (χ0) is 14.4. The van der Waals surface area contributed by atoms with Crippen LogP contribution in [0.1, 0.15) is 11.7 Å². The van der Waals surface area contributed by atoms with Crippen molar-refractivity contribution < 1.29 is 19.7 Å². The van der Waals surface area contributed by atoms with Crippen LogP contribution < -0.4 is 5.32 Å². The monoisotopic (exact) mass is 280 g/mol. The lowest BCUT2D eigenvalue weighted by Crippen LogP contribution is -2.49. The molecule has 20 heavy (non-hydrogen) atoms. The molecule has 0 radical (unpaired) electrons. The molecular weight excluding hydrogens is 260 g/mol. The third-order valence-electron chi connectivity index (χ3n) is 3.39. The van der Waals surface area contributed by atoms with Gasteiger partial charge in [0.05, 0.1) is 19.3 Å². The van der Waals surface area contributed by atoms with Crippen molar-refractivity contribution in [3.8, 4) is 0 Å². The fourth-order valence-electron chi connectivity index (χ4n) is 2.33. The maximum absolute atomic E-state index is 10.9. The van der Waals surface area contributed by atoms with Gasteiger partial charge in [0, 0.05) is 19.6 Å². The molecule has 110 valence electrons. The topological polar surface area (TPSA) is 82.0 Å². The Morgan fingerprint density at radius 2 is 1.95 bits per heavy atom. The average molecular weight is 280 g/mol.